The number of hydrogen-bond acceptors (Lipinski definition) is 2. The number of aromatic nitrogens is 1. The summed E-state index contributed by atoms with van der Waals surface area (Å²) in [6, 6.07) is 2.07. The molecular weight excluding hydrogens is 220 g/mol. The minimum Gasteiger partial charge on any atom is -0.496 e. The van der Waals surface area contributed by atoms with Gasteiger partial charge < -0.3 is 14.8 Å². The number of ether oxygens (including phenoxy) is 1. The Morgan fingerprint density at radius 1 is 1.44 bits per heavy atom. The highest BCUT2D eigenvalue weighted by molar-refractivity contribution is 5.96. The lowest BCUT2D eigenvalue weighted by Crippen LogP contribution is -1.95. The highest BCUT2D eigenvalue weighted by atomic mass is 19.2. The molecule has 4 nitrogen and oxygen atoms in total. The summed E-state index contributed by atoms with van der Waals surface area (Å²) in [5.74, 6) is -3.39. The summed E-state index contributed by atoms with van der Waals surface area (Å²) in [5, 5.41) is 8.91. The number of hydrogen-bond donors (Lipinski definition) is 2. The summed E-state index contributed by atoms with van der Waals surface area (Å²) < 4.78 is 31.3. The minimum absolute atomic E-state index is 0.0812. The van der Waals surface area contributed by atoms with Crippen LogP contribution in [0.1, 0.15) is 10.5 Å². The zero-order chi connectivity index (χ0) is 11.9. The monoisotopic (exact) mass is 227 g/mol. The Morgan fingerprint density at radius 3 is 2.69 bits per heavy atom. The van der Waals surface area contributed by atoms with E-state index in [0.29, 0.717) is 0 Å². The number of carbonyl (C=O) groups is 1. The van der Waals surface area contributed by atoms with Crippen LogP contribution in [0.3, 0.4) is 0 Å². The number of carboxylic acid groups (broad SMARTS) is 1. The second-order valence-electron chi connectivity index (χ2n) is 3.15. The van der Waals surface area contributed by atoms with Crippen molar-refractivity contribution in [2.24, 2.45) is 0 Å². The molecule has 1 heterocycles. The molecule has 0 unspecified atom stereocenters. The van der Waals surface area contributed by atoms with E-state index < -0.39 is 17.6 Å². The maximum Gasteiger partial charge on any atom is 0.352 e. The molecule has 0 saturated carbocycles. The van der Waals surface area contributed by atoms with Crippen molar-refractivity contribution in [3.63, 3.8) is 0 Å². The highest BCUT2D eigenvalue weighted by Gasteiger charge is 2.17. The third-order valence-electron chi connectivity index (χ3n) is 2.22. The third-order valence-corrected chi connectivity index (χ3v) is 2.22. The molecule has 0 aliphatic carbocycles. The number of H-pyrrole nitrogens is 1. The first-order valence-electron chi connectivity index (χ1n) is 4.32. The highest BCUT2D eigenvalue weighted by Crippen LogP contribution is 2.30. The molecule has 0 aliphatic rings. The summed E-state index contributed by atoms with van der Waals surface area (Å²) in [5.41, 5.74) is -0.438. The number of nitrogens with one attached hydrogen (secondary N) is 1. The van der Waals surface area contributed by atoms with Gasteiger partial charge in [0.15, 0.2) is 11.6 Å². The summed E-state index contributed by atoms with van der Waals surface area (Å²) in [7, 11) is 1.29. The van der Waals surface area contributed by atoms with Crippen LogP contribution < -0.4 is 4.74 Å². The molecule has 1 aromatic heterocycles. The Kier molecular flexibility index (Phi) is 2.26. The van der Waals surface area contributed by atoms with Crippen molar-refractivity contribution < 1.29 is 23.4 Å². The van der Waals surface area contributed by atoms with Gasteiger partial charge in [-0.25, -0.2) is 13.6 Å². The molecule has 0 saturated heterocycles. The van der Waals surface area contributed by atoms with Gasteiger partial charge in [-0.05, 0) is 6.07 Å². The van der Waals surface area contributed by atoms with Crippen molar-refractivity contribution in [2.75, 3.05) is 7.11 Å². The van der Waals surface area contributed by atoms with Gasteiger partial charge in [0.05, 0.1) is 12.6 Å². The molecule has 16 heavy (non-hydrogen) atoms. The van der Waals surface area contributed by atoms with Crippen molar-refractivity contribution in [1.82, 2.24) is 4.98 Å². The second-order valence-corrected chi connectivity index (χ2v) is 3.15. The van der Waals surface area contributed by atoms with Crippen LogP contribution in [0.5, 0.6) is 5.75 Å². The largest absolute Gasteiger partial charge is 0.496 e. The first-order chi connectivity index (χ1) is 7.54. The maximum atomic E-state index is 13.3. The lowest BCUT2D eigenvalue weighted by Gasteiger charge is -2.02. The molecule has 0 fully saturated rings. The molecule has 2 rings (SSSR count). The summed E-state index contributed by atoms with van der Waals surface area (Å²) >= 11 is 0. The fraction of sp³-hybridized carbons (Fsp3) is 0.100. The normalized spacial score (nSPS) is 10.7. The molecule has 2 aromatic rings. The van der Waals surface area contributed by atoms with Crippen LogP contribution in [0.4, 0.5) is 8.78 Å². The smallest absolute Gasteiger partial charge is 0.352 e. The lowest BCUT2D eigenvalue weighted by molar-refractivity contribution is 0.0691. The number of rotatable bonds is 2. The molecule has 0 atom stereocenters. The first kappa shape index (κ1) is 10.4. The van der Waals surface area contributed by atoms with Crippen LogP contribution in [-0.4, -0.2) is 23.2 Å². The fourth-order valence-electron chi connectivity index (χ4n) is 1.48. The zero-order valence-corrected chi connectivity index (χ0v) is 8.17. The molecule has 1 aromatic carbocycles. The average molecular weight is 227 g/mol. The summed E-state index contributed by atoms with van der Waals surface area (Å²) in [6.45, 7) is 0. The molecule has 84 valence electrons. The molecule has 0 bridgehead atoms. The summed E-state index contributed by atoms with van der Waals surface area (Å²) in [4.78, 5) is 13.0. The van der Waals surface area contributed by atoms with Gasteiger partial charge in [-0.3, -0.25) is 0 Å². The van der Waals surface area contributed by atoms with E-state index in [1.165, 1.54) is 13.2 Å². The van der Waals surface area contributed by atoms with Crippen LogP contribution in [0.15, 0.2) is 12.1 Å². The van der Waals surface area contributed by atoms with Gasteiger partial charge in [-0.15, -0.1) is 0 Å². The van der Waals surface area contributed by atoms with Crippen LogP contribution >= 0.6 is 0 Å². The number of benzene rings is 1. The van der Waals surface area contributed by atoms with Crippen molar-refractivity contribution in [3.05, 3.63) is 29.5 Å². The van der Waals surface area contributed by atoms with Crippen LogP contribution in [0, 0.1) is 11.6 Å². The lowest BCUT2D eigenvalue weighted by atomic mass is 10.2. The van der Waals surface area contributed by atoms with Crippen LogP contribution in [0.2, 0.25) is 0 Å². The third kappa shape index (κ3) is 1.39. The second kappa shape index (κ2) is 3.48. The molecular formula is C10H7F2NO3. The quantitative estimate of drug-likeness (QED) is 0.826. The molecule has 0 spiro atoms. The van der Waals surface area contributed by atoms with Gasteiger partial charge in [0, 0.05) is 11.5 Å². The van der Waals surface area contributed by atoms with Gasteiger partial charge in [0.2, 0.25) is 0 Å². The number of aromatic carboxylic acids is 1. The molecule has 6 heteroatoms. The van der Waals surface area contributed by atoms with Gasteiger partial charge >= 0.3 is 5.97 Å². The van der Waals surface area contributed by atoms with E-state index in [1.54, 1.807) is 0 Å². The Labute approximate surface area is 88.5 Å². The van der Waals surface area contributed by atoms with Gasteiger partial charge in [-0.1, -0.05) is 0 Å². The minimum atomic E-state index is -1.25. The number of aromatic amines is 1. The van der Waals surface area contributed by atoms with Crippen molar-refractivity contribution >= 4 is 16.9 Å². The Balaban J connectivity index is 2.83. The number of carboxylic acids is 1. The molecule has 0 aliphatic heterocycles. The van der Waals surface area contributed by atoms with E-state index in [4.69, 9.17) is 9.84 Å². The van der Waals surface area contributed by atoms with E-state index in [1.807, 2.05) is 0 Å². The number of fused-ring (bicyclic) bond motifs is 1. The van der Waals surface area contributed by atoms with E-state index in [0.717, 1.165) is 6.07 Å². The average Bonchev–Trinajstić information content (AvgIpc) is 2.68. The number of halogens is 2. The number of methoxy groups -OCH3 is 1. The SMILES string of the molecule is COc1cc(F)c(F)c2[nH]c(C(=O)O)cc12. The Bertz CT molecular complexity index is 577. The Hall–Kier alpha value is -2.11. The van der Waals surface area contributed by atoms with E-state index in [2.05, 4.69) is 4.98 Å². The van der Waals surface area contributed by atoms with Crippen LogP contribution in [-0.2, 0) is 0 Å². The van der Waals surface area contributed by atoms with Crippen molar-refractivity contribution in [3.8, 4) is 5.75 Å². The van der Waals surface area contributed by atoms with E-state index >= 15 is 0 Å². The topological polar surface area (TPSA) is 62.3 Å². The van der Waals surface area contributed by atoms with E-state index in [-0.39, 0.29) is 22.3 Å². The van der Waals surface area contributed by atoms with Crippen molar-refractivity contribution in [1.29, 1.82) is 0 Å². The van der Waals surface area contributed by atoms with Crippen LogP contribution in [0.25, 0.3) is 10.9 Å². The maximum absolute atomic E-state index is 13.3. The summed E-state index contributed by atoms with van der Waals surface area (Å²) in [6.07, 6.45) is 0. The predicted octanol–water partition coefficient (Wildman–Crippen LogP) is 2.15. The molecule has 2 N–H and O–H groups in total. The van der Waals surface area contributed by atoms with Gasteiger partial charge in [0.1, 0.15) is 11.4 Å². The Morgan fingerprint density at radius 2 is 2.12 bits per heavy atom. The molecule has 0 amide bonds. The van der Waals surface area contributed by atoms with Gasteiger partial charge in [0.25, 0.3) is 0 Å². The van der Waals surface area contributed by atoms with Gasteiger partial charge in [-0.2, -0.15) is 0 Å². The van der Waals surface area contributed by atoms with Crippen molar-refractivity contribution in [2.45, 2.75) is 0 Å². The molecule has 0 radical (unpaired) electrons. The van der Waals surface area contributed by atoms with E-state index in [9.17, 15) is 13.6 Å². The predicted molar refractivity (Wildman–Crippen MR) is 51.7 cm³/mol. The standard InChI is InChI=1S/C10H7F2NO3/c1-16-7-3-5(11)8(12)9-4(7)2-6(13-9)10(14)15/h2-3,13H,1H3,(H,14,15). The first-order valence-corrected chi connectivity index (χ1v) is 4.32. The zero-order valence-electron chi connectivity index (χ0n) is 8.17. The fourth-order valence-corrected chi connectivity index (χ4v) is 1.48.